The van der Waals surface area contributed by atoms with E-state index in [1.807, 2.05) is 27.7 Å². The monoisotopic (exact) mass is 999 g/mol. The Morgan fingerprint density at radius 3 is 1.14 bits per heavy atom. The predicted molar refractivity (Wildman–Crippen MR) is 239 cm³/mol. The molecule has 24 heteroatoms. The van der Waals surface area contributed by atoms with Crippen molar-refractivity contribution in [3.63, 3.8) is 0 Å². The Hall–Kier alpha value is -5.14. The summed E-state index contributed by atoms with van der Waals surface area (Å²) in [6.45, 7) is 16.8. The molecule has 0 aliphatic carbocycles. The Morgan fingerprint density at radius 1 is 0.406 bits per heavy atom. The molecule has 69 heavy (non-hydrogen) atoms. The van der Waals surface area contributed by atoms with Gasteiger partial charge in [0.1, 0.15) is 13.2 Å². The molecular weight excluding hydrogens is 922 g/mol. The first-order valence-corrected chi connectivity index (χ1v) is 22.7. The molecule has 0 aliphatic rings. The third-order valence-corrected chi connectivity index (χ3v) is 9.88. The van der Waals surface area contributed by atoms with E-state index in [1.54, 1.807) is 34.6 Å². The standard InChI is InChI=1S/C17H30O10.C14H21NO7.C14H26O6/c1-4-17(2,3)16(22)23-11-13(27-25-10-6-8-15(20)21)12-26-24-9-5-7-14(18)19;1-4-14(2,3)13(22)15(9(16)5-7-11(18)19)10(17)6-8-12(20)21;1-4-14(2,3)13(17)18-9-5-6-10-19-20-11-7-8-12(15)16/h13H,4-12H2,1-3H3,(H,18,19)(H,20,21);4-8H2,1-3H3,(H,18,19)(H,20,21);4-11H2,1-3H3,(H,15,16). The summed E-state index contributed by atoms with van der Waals surface area (Å²) in [5, 5.41) is 42.7. The molecule has 3 amide bonds. The fourth-order valence-corrected chi connectivity index (χ4v) is 4.14. The Morgan fingerprint density at radius 2 is 0.754 bits per heavy atom. The van der Waals surface area contributed by atoms with E-state index < -0.39 is 102 Å². The van der Waals surface area contributed by atoms with Gasteiger partial charge in [0, 0.05) is 37.5 Å². The molecular formula is C45H77NO23. The average Bonchev–Trinajstić information content (AvgIpc) is 3.27. The molecule has 0 aromatic carbocycles. The molecule has 1 unspecified atom stereocenters. The van der Waals surface area contributed by atoms with Gasteiger partial charge in [-0.2, -0.15) is 0 Å². The normalized spacial score (nSPS) is 11.7. The maximum Gasteiger partial charge on any atom is 0.311 e. The highest BCUT2D eigenvalue weighted by Gasteiger charge is 2.37. The molecule has 24 nitrogen and oxygen atoms in total. The molecule has 0 heterocycles. The minimum absolute atomic E-state index is 0.0420. The van der Waals surface area contributed by atoms with Crippen LogP contribution in [0.5, 0.6) is 0 Å². The lowest BCUT2D eigenvalue weighted by Crippen LogP contribution is -2.48. The van der Waals surface area contributed by atoms with Gasteiger partial charge in [0.15, 0.2) is 6.10 Å². The molecule has 0 saturated carbocycles. The van der Waals surface area contributed by atoms with Crippen LogP contribution in [0.2, 0.25) is 0 Å². The number of carbonyl (C=O) groups excluding carboxylic acids is 5. The van der Waals surface area contributed by atoms with Crippen molar-refractivity contribution in [3.8, 4) is 0 Å². The number of hydrogen-bond acceptors (Lipinski definition) is 18. The highest BCUT2D eigenvalue weighted by atomic mass is 17.2. The van der Waals surface area contributed by atoms with Crippen molar-refractivity contribution in [2.24, 2.45) is 16.2 Å². The zero-order valence-corrected chi connectivity index (χ0v) is 41.7. The van der Waals surface area contributed by atoms with Crippen LogP contribution in [0.1, 0.15) is 159 Å². The number of carboxylic acid groups (broad SMARTS) is 5. The topological polar surface area (TPSA) is 349 Å². The first-order valence-electron chi connectivity index (χ1n) is 22.7. The summed E-state index contributed by atoms with van der Waals surface area (Å²) in [5.41, 5.74) is -2.05. The molecule has 5 N–H and O–H groups in total. The summed E-state index contributed by atoms with van der Waals surface area (Å²) >= 11 is 0. The number of carboxylic acids is 5. The van der Waals surface area contributed by atoms with Gasteiger partial charge in [-0.3, -0.25) is 47.9 Å². The van der Waals surface area contributed by atoms with E-state index >= 15 is 0 Å². The number of ether oxygens (including phenoxy) is 2. The van der Waals surface area contributed by atoms with Gasteiger partial charge in [-0.1, -0.05) is 34.6 Å². The van der Waals surface area contributed by atoms with Gasteiger partial charge in [0.25, 0.3) is 0 Å². The molecule has 0 fully saturated rings. The third kappa shape index (κ3) is 37.4. The number of imide groups is 3. The average molecular weight is 1000 g/mol. The van der Waals surface area contributed by atoms with Gasteiger partial charge >= 0.3 is 41.8 Å². The lowest BCUT2D eigenvalue weighted by atomic mass is 9.88. The van der Waals surface area contributed by atoms with Crippen LogP contribution < -0.4 is 0 Å². The molecule has 0 aromatic rings. The van der Waals surface area contributed by atoms with Crippen LogP contribution in [0, 0.1) is 16.2 Å². The number of amides is 3. The Bertz CT molecular complexity index is 1550. The lowest BCUT2D eigenvalue weighted by molar-refractivity contribution is -0.370. The van der Waals surface area contributed by atoms with E-state index in [0.717, 1.165) is 12.8 Å². The molecule has 0 saturated heterocycles. The van der Waals surface area contributed by atoms with Crippen molar-refractivity contribution < 1.29 is 112 Å². The Balaban J connectivity index is -0.000000959. The molecule has 0 aromatic heterocycles. The van der Waals surface area contributed by atoms with Gasteiger partial charge in [0.05, 0.1) is 56.7 Å². The van der Waals surface area contributed by atoms with Gasteiger partial charge in [-0.25, -0.2) is 34.2 Å². The first-order chi connectivity index (χ1) is 32.1. The van der Waals surface area contributed by atoms with Gasteiger partial charge in [-0.15, -0.1) is 0 Å². The van der Waals surface area contributed by atoms with Crippen molar-refractivity contribution in [1.29, 1.82) is 0 Å². The smallest absolute Gasteiger partial charge is 0.311 e. The highest BCUT2D eigenvalue weighted by Crippen LogP contribution is 2.25. The van der Waals surface area contributed by atoms with Crippen molar-refractivity contribution in [2.45, 2.75) is 165 Å². The van der Waals surface area contributed by atoms with Crippen molar-refractivity contribution >= 4 is 59.5 Å². The second-order valence-electron chi connectivity index (χ2n) is 17.2. The van der Waals surface area contributed by atoms with Crippen molar-refractivity contribution in [2.75, 3.05) is 46.2 Å². The number of rotatable bonds is 37. The molecule has 0 aliphatic heterocycles. The summed E-state index contributed by atoms with van der Waals surface area (Å²) in [6, 6.07) is 0. The quantitative estimate of drug-likeness (QED) is 0.0220. The van der Waals surface area contributed by atoms with Crippen LogP contribution in [-0.2, 0) is 86.7 Å². The predicted octanol–water partition coefficient (Wildman–Crippen LogP) is 5.55. The number of aliphatic carboxylic acids is 5. The molecule has 0 bridgehead atoms. The number of nitrogens with zero attached hydrogens (tertiary/aromatic N) is 1. The van der Waals surface area contributed by atoms with Crippen LogP contribution in [0.15, 0.2) is 0 Å². The summed E-state index contributed by atoms with van der Waals surface area (Å²) in [7, 11) is 0. The summed E-state index contributed by atoms with van der Waals surface area (Å²) in [6.07, 6.45) is 1.29. The third-order valence-electron chi connectivity index (χ3n) is 9.88. The van der Waals surface area contributed by atoms with Crippen LogP contribution in [0.3, 0.4) is 0 Å². The molecule has 0 spiro atoms. The number of hydrogen-bond donors (Lipinski definition) is 5. The van der Waals surface area contributed by atoms with Crippen LogP contribution in [0.4, 0.5) is 0 Å². The zero-order chi connectivity index (χ0) is 53.6. The molecule has 400 valence electrons. The Labute approximate surface area is 403 Å². The minimum Gasteiger partial charge on any atom is -0.481 e. The van der Waals surface area contributed by atoms with E-state index in [4.69, 9.17) is 64.3 Å². The van der Waals surface area contributed by atoms with E-state index in [2.05, 4.69) is 0 Å². The summed E-state index contributed by atoms with van der Waals surface area (Å²) in [4.78, 5) is 142. The van der Waals surface area contributed by atoms with E-state index in [1.165, 1.54) is 0 Å². The number of unbranched alkanes of at least 4 members (excludes halogenated alkanes) is 1. The van der Waals surface area contributed by atoms with E-state index in [0.29, 0.717) is 43.8 Å². The number of carbonyl (C=O) groups is 10. The number of esters is 2. The SMILES string of the molecule is CCC(C)(C)C(=O)N(C(=O)CCC(=O)O)C(=O)CCC(=O)O.CCC(C)(C)C(=O)OCC(COOCCCC(=O)O)OOCCCC(=O)O.CCC(C)(C)C(=O)OCCCCOOCCCC(=O)O. The van der Waals surface area contributed by atoms with Crippen LogP contribution >= 0.6 is 0 Å². The first kappa shape index (κ1) is 68.1. The maximum absolute atomic E-state index is 12.4. The van der Waals surface area contributed by atoms with E-state index in [-0.39, 0.29) is 71.1 Å². The van der Waals surface area contributed by atoms with Crippen LogP contribution in [0.25, 0.3) is 0 Å². The fourth-order valence-electron chi connectivity index (χ4n) is 4.14. The lowest BCUT2D eigenvalue weighted by Gasteiger charge is -2.28. The summed E-state index contributed by atoms with van der Waals surface area (Å²) in [5.74, 6) is -8.34. The maximum atomic E-state index is 12.4. The van der Waals surface area contributed by atoms with Gasteiger partial charge < -0.3 is 35.0 Å². The largest absolute Gasteiger partial charge is 0.481 e. The second-order valence-corrected chi connectivity index (χ2v) is 17.2. The van der Waals surface area contributed by atoms with Gasteiger partial charge in [0.2, 0.25) is 17.7 Å². The molecule has 1 atom stereocenters. The van der Waals surface area contributed by atoms with Crippen LogP contribution in [-0.4, -0.2) is 142 Å². The Kier molecular flexibility index (Phi) is 38.2. The molecule has 0 radical (unpaired) electrons. The fraction of sp³-hybridized carbons (Fsp3) is 0.778. The van der Waals surface area contributed by atoms with Crippen molar-refractivity contribution in [3.05, 3.63) is 0 Å². The highest BCUT2D eigenvalue weighted by molar-refractivity contribution is 6.12. The van der Waals surface area contributed by atoms with Crippen molar-refractivity contribution in [1.82, 2.24) is 4.90 Å². The summed E-state index contributed by atoms with van der Waals surface area (Å²) < 4.78 is 10.4. The minimum atomic E-state index is -1.23. The van der Waals surface area contributed by atoms with Gasteiger partial charge in [-0.05, 0) is 79.1 Å². The van der Waals surface area contributed by atoms with E-state index in [9.17, 15) is 47.9 Å². The second kappa shape index (κ2) is 38.7. The molecule has 0 rings (SSSR count). The zero-order valence-electron chi connectivity index (χ0n) is 41.7.